The van der Waals surface area contributed by atoms with Gasteiger partial charge in [0.1, 0.15) is 12.6 Å². The van der Waals surface area contributed by atoms with Gasteiger partial charge in [0.2, 0.25) is 11.8 Å². The van der Waals surface area contributed by atoms with Gasteiger partial charge in [-0.05, 0) is 66.4 Å². The fourth-order valence-electron chi connectivity index (χ4n) is 4.99. The first kappa shape index (κ1) is 34.2. The highest BCUT2D eigenvalue weighted by atomic mass is 79.9. The zero-order valence-corrected chi connectivity index (χ0v) is 28.5. The summed E-state index contributed by atoms with van der Waals surface area (Å²) in [6.07, 6.45) is 1.94. The predicted molar refractivity (Wildman–Crippen MR) is 184 cm³/mol. The average molecular weight is 711 g/mol. The summed E-state index contributed by atoms with van der Waals surface area (Å²) >= 11 is 9.95. The fourth-order valence-corrected chi connectivity index (χ4v) is 7.10. The molecule has 0 saturated heterocycles. The number of unbranched alkanes of at least 4 members (excludes halogenated alkanes) is 1. The first-order valence-corrected chi connectivity index (χ1v) is 17.4. The third-order valence-electron chi connectivity index (χ3n) is 7.46. The molecule has 0 aliphatic heterocycles. The van der Waals surface area contributed by atoms with Crippen molar-refractivity contribution in [1.29, 1.82) is 0 Å². The molecule has 0 saturated carbocycles. The van der Waals surface area contributed by atoms with E-state index in [1.165, 1.54) is 17.0 Å². The van der Waals surface area contributed by atoms with Crippen molar-refractivity contribution in [1.82, 2.24) is 10.2 Å². The third-order valence-corrected chi connectivity index (χ3v) is 10.1. The van der Waals surface area contributed by atoms with Crippen molar-refractivity contribution in [2.24, 2.45) is 0 Å². The second-order valence-corrected chi connectivity index (χ2v) is 13.9. The van der Waals surface area contributed by atoms with Crippen LogP contribution in [0.1, 0.15) is 36.5 Å². The Morgan fingerprint density at radius 3 is 2.20 bits per heavy atom. The molecule has 0 spiro atoms. The number of rotatable bonds is 14. The summed E-state index contributed by atoms with van der Waals surface area (Å²) < 4.78 is 30.2. The van der Waals surface area contributed by atoms with E-state index in [4.69, 9.17) is 11.6 Å². The van der Waals surface area contributed by atoms with Gasteiger partial charge < -0.3 is 10.2 Å². The van der Waals surface area contributed by atoms with E-state index >= 15 is 0 Å². The molecule has 0 aromatic heterocycles. The second-order valence-electron chi connectivity index (χ2n) is 10.7. The normalized spacial score (nSPS) is 11.9. The molecule has 7 nitrogen and oxygen atoms in total. The standard InChI is InChI=1S/C35H37BrClN3O4S/c1-3-4-21-38-35(42)33(23-27-13-7-5-8-14-27)39(24-28-15-11-16-29(36)22-28)34(41)25-40(32-20-12-19-31(37)26(32)2)45(43,44)30-17-9-6-10-18-30/h5-20,22,33H,3-4,21,23-25H2,1-2H3,(H,38,42)/t33-/m0/s1. The van der Waals surface area contributed by atoms with Crippen LogP contribution in [0.25, 0.3) is 0 Å². The van der Waals surface area contributed by atoms with Gasteiger partial charge in [-0.1, -0.05) is 108 Å². The smallest absolute Gasteiger partial charge is 0.264 e. The number of anilines is 1. The molecule has 0 radical (unpaired) electrons. The minimum Gasteiger partial charge on any atom is -0.354 e. The van der Waals surface area contributed by atoms with E-state index in [-0.39, 0.29) is 29.5 Å². The van der Waals surface area contributed by atoms with Crippen molar-refractivity contribution in [2.45, 2.75) is 50.6 Å². The van der Waals surface area contributed by atoms with Crippen LogP contribution >= 0.6 is 27.5 Å². The van der Waals surface area contributed by atoms with E-state index < -0.39 is 28.5 Å². The molecule has 0 aliphatic rings. The Morgan fingerprint density at radius 1 is 0.889 bits per heavy atom. The molecule has 1 atom stereocenters. The summed E-state index contributed by atoms with van der Waals surface area (Å²) in [5.74, 6) is -0.826. The van der Waals surface area contributed by atoms with Gasteiger partial charge in [0, 0.05) is 29.0 Å². The summed E-state index contributed by atoms with van der Waals surface area (Å²) in [5.41, 5.74) is 2.46. The van der Waals surface area contributed by atoms with Crippen molar-refractivity contribution < 1.29 is 18.0 Å². The largest absolute Gasteiger partial charge is 0.354 e. The molecule has 1 N–H and O–H groups in total. The lowest BCUT2D eigenvalue weighted by Crippen LogP contribution is -2.53. The first-order chi connectivity index (χ1) is 21.6. The number of sulfonamides is 1. The SMILES string of the molecule is CCCCNC(=O)[C@H](Cc1ccccc1)N(Cc1cccc(Br)c1)C(=O)CN(c1cccc(Cl)c1C)S(=O)(=O)c1ccccc1. The molecule has 0 fully saturated rings. The van der Waals surface area contributed by atoms with Crippen LogP contribution in [-0.2, 0) is 32.6 Å². The van der Waals surface area contributed by atoms with E-state index in [1.54, 1.807) is 43.3 Å². The number of hydrogen-bond acceptors (Lipinski definition) is 4. The van der Waals surface area contributed by atoms with Gasteiger partial charge in [-0.15, -0.1) is 0 Å². The van der Waals surface area contributed by atoms with Crippen molar-refractivity contribution >= 4 is 55.1 Å². The summed E-state index contributed by atoms with van der Waals surface area (Å²) in [5, 5.41) is 3.37. The van der Waals surface area contributed by atoms with Gasteiger partial charge in [0.25, 0.3) is 10.0 Å². The number of nitrogens with zero attached hydrogens (tertiary/aromatic N) is 2. The molecule has 0 aliphatic carbocycles. The van der Waals surface area contributed by atoms with E-state index in [1.807, 2.05) is 61.5 Å². The molecule has 236 valence electrons. The minimum absolute atomic E-state index is 0.0360. The summed E-state index contributed by atoms with van der Waals surface area (Å²) in [7, 11) is -4.20. The van der Waals surface area contributed by atoms with Crippen LogP contribution < -0.4 is 9.62 Å². The second kappa shape index (κ2) is 16.1. The van der Waals surface area contributed by atoms with Crippen LogP contribution in [0.2, 0.25) is 5.02 Å². The molecule has 0 unspecified atom stereocenters. The Bertz CT molecular complexity index is 1700. The highest BCUT2D eigenvalue weighted by molar-refractivity contribution is 9.10. The molecular weight excluding hydrogens is 674 g/mol. The fraction of sp³-hybridized carbons (Fsp3) is 0.257. The molecule has 0 heterocycles. The summed E-state index contributed by atoms with van der Waals surface area (Å²) in [6, 6.07) is 29.0. The Labute approximate surface area is 279 Å². The monoisotopic (exact) mass is 709 g/mol. The van der Waals surface area contributed by atoms with Crippen LogP contribution in [0.5, 0.6) is 0 Å². The maximum Gasteiger partial charge on any atom is 0.264 e. The van der Waals surface area contributed by atoms with Crippen molar-refractivity contribution in [3.63, 3.8) is 0 Å². The van der Waals surface area contributed by atoms with Gasteiger partial charge in [-0.2, -0.15) is 0 Å². The number of carbonyl (C=O) groups is 2. The maximum absolute atomic E-state index is 14.6. The van der Waals surface area contributed by atoms with Crippen LogP contribution in [0.3, 0.4) is 0 Å². The number of nitrogens with one attached hydrogen (secondary N) is 1. The topological polar surface area (TPSA) is 86.8 Å². The Kier molecular flexibility index (Phi) is 12.2. The van der Waals surface area contributed by atoms with Gasteiger partial charge in [0.05, 0.1) is 10.6 Å². The lowest BCUT2D eigenvalue weighted by atomic mass is 10.0. The lowest BCUT2D eigenvalue weighted by Gasteiger charge is -2.34. The molecule has 2 amide bonds. The molecule has 0 bridgehead atoms. The van der Waals surface area contributed by atoms with E-state index in [2.05, 4.69) is 21.2 Å². The number of benzene rings is 4. The Hall–Kier alpha value is -3.66. The van der Waals surface area contributed by atoms with Crippen molar-refractivity contribution in [2.75, 3.05) is 17.4 Å². The molecular formula is C35H37BrClN3O4S. The minimum atomic E-state index is -4.20. The first-order valence-electron chi connectivity index (χ1n) is 14.8. The van der Waals surface area contributed by atoms with Crippen LogP contribution in [0.15, 0.2) is 112 Å². The van der Waals surface area contributed by atoms with Gasteiger partial charge in [0.15, 0.2) is 0 Å². The van der Waals surface area contributed by atoms with Crippen LogP contribution in [0.4, 0.5) is 5.69 Å². The van der Waals surface area contributed by atoms with Gasteiger partial charge in [-0.3, -0.25) is 13.9 Å². The highest BCUT2D eigenvalue weighted by Gasteiger charge is 2.35. The Morgan fingerprint density at radius 2 is 1.53 bits per heavy atom. The highest BCUT2D eigenvalue weighted by Crippen LogP contribution is 2.31. The lowest BCUT2D eigenvalue weighted by molar-refractivity contribution is -0.140. The van der Waals surface area contributed by atoms with E-state index in [0.29, 0.717) is 17.1 Å². The van der Waals surface area contributed by atoms with Crippen LogP contribution in [0, 0.1) is 6.92 Å². The number of halogens is 2. The van der Waals surface area contributed by atoms with Crippen LogP contribution in [-0.4, -0.2) is 44.3 Å². The average Bonchev–Trinajstić information content (AvgIpc) is 3.04. The van der Waals surface area contributed by atoms with E-state index in [9.17, 15) is 18.0 Å². The van der Waals surface area contributed by atoms with Crippen molar-refractivity contribution in [3.8, 4) is 0 Å². The molecule has 4 aromatic rings. The molecule has 4 aromatic carbocycles. The summed E-state index contributed by atoms with van der Waals surface area (Å²) in [6.45, 7) is 3.77. The Balaban J connectivity index is 1.81. The third kappa shape index (κ3) is 8.96. The summed E-state index contributed by atoms with van der Waals surface area (Å²) in [4.78, 5) is 29.9. The molecule has 4 rings (SSSR count). The maximum atomic E-state index is 14.6. The zero-order chi connectivity index (χ0) is 32.4. The molecule has 45 heavy (non-hydrogen) atoms. The molecule has 10 heteroatoms. The predicted octanol–water partition coefficient (Wildman–Crippen LogP) is 7.16. The zero-order valence-electron chi connectivity index (χ0n) is 25.3. The number of carbonyl (C=O) groups excluding carboxylic acids is 2. The van der Waals surface area contributed by atoms with Gasteiger partial charge >= 0.3 is 0 Å². The van der Waals surface area contributed by atoms with Gasteiger partial charge in [-0.25, -0.2) is 8.42 Å². The number of hydrogen-bond donors (Lipinski definition) is 1. The quantitative estimate of drug-likeness (QED) is 0.141. The van der Waals surface area contributed by atoms with E-state index in [0.717, 1.165) is 32.7 Å². The van der Waals surface area contributed by atoms with Crippen molar-refractivity contribution in [3.05, 3.63) is 129 Å². The number of amides is 2.